The molecule has 0 bridgehead atoms. The van der Waals surface area contributed by atoms with Gasteiger partial charge in [0.1, 0.15) is 0 Å². The fourth-order valence-electron chi connectivity index (χ4n) is 0.966. The lowest BCUT2D eigenvalue weighted by Crippen LogP contribution is -2.31. The van der Waals surface area contributed by atoms with Crippen molar-refractivity contribution in [2.45, 2.75) is 32.7 Å². The fourth-order valence-corrected chi connectivity index (χ4v) is 0.966. The van der Waals surface area contributed by atoms with Crippen molar-refractivity contribution in [2.24, 2.45) is 5.92 Å². The van der Waals surface area contributed by atoms with Gasteiger partial charge in [-0.2, -0.15) is 0 Å². The van der Waals surface area contributed by atoms with Crippen molar-refractivity contribution in [3.8, 4) is 0 Å². The van der Waals surface area contributed by atoms with Crippen LogP contribution in [0.25, 0.3) is 0 Å². The van der Waals surface area contributed by atoms with E-state index in [4.69, 9.17) is 10.2 Å². The zero-order chi connectivity index (χ0) is 9.40. The van der Waals surface area contributed by atoms with Crippen molar-refractivity contribution in [3.05, 3.63) is 0 Å². The summed E-state index contributed by atoms with van der Waals surface area (Å²) in [6.07, 6.45) is 1.84. The summed E-state index contributed by atoms with van der Waals surface area (Å²) in [6.45, 7) is 5.45. The minimum atomic E-state index is 0.236. The van der Waals surface area contributed by atoms with Crippen LogP contribution in [0.15, 0.2) is 0 Å². The maximum atomic E-state index is 8.74. The summed E-state index contributed by atoms with van der Waals surface area (Å²) in [5.41, 5.74) is 0. The predicted octanol–water partition coefficient (Wildman–Crippen LogP) is 0.365. The first-order valence-electron chi connectivity index (χ1n) is 4.65. The highest BCUT2D eigenvalue weighted by Crippen LogP contribution is 1.97. The van der Waals surface area contributed by atoms with E-state index in [0.29, 0.717) is 12.0 Å². The first kappa shape index (κ1) is 11.9. The minimum Gasteiger partial charge on any atom is -0.396 e. The molecule has 0 radical (unpaired) electrons. The molecule has 0 amide bonds. The molecule has 0 rings (SSSR count). The van der Waals surface area contributed by atoms with Crippen molar-refractivity contribution in [3.63, 3.8) is 0 Å². The molecule has 0 saturated carbocycles. The number of aliphatic hydroxyl groups excluding tert-OH is 2. The predicted molar refractivity (Wildman–Crippen MR) is 50.0 cm³/mol. The summed E-state index contributed by atoms with van der Waals surface area (Å²) in [7, 11) is 0. The molecule has 74 valence electrons. The zero-order valence-electron chi connectivity index (χ0n) is 8.08. The normalized spacial score (nSPS) is 16.0. The number of hydrogen-bond acceptors (Lipinski definition) is 3. The number of rotatable bonds is 7. The SMILES string of the molecule is CC(CO)CNC(C)CCCO. The van der Waals surface area contributed by atoms with E-state index in [0.717, 1.165) is 19.4 Å². The van der Waals surface area contributed by atoms with E-state index >= 15 is 0 Å². The molecular formula is C9H21NO2. The molecule has 0 aromatic rings. The first-order chi connectivity index (χ1) is 5.70. The van der Waals surface area contributed by atoms with Crippen LogP contribution in [0.5, 0.6) is 0 Å². The first-order valence-corrected chi connectivity index (χ1v) is 4.65. The Morgan fingerprint density at radius 2 is 1.92 bits per heavy atom. The Labute approximate surface area is 74.8 Å². The molecule has 0 aliphatic rings. The fraction of sp³-hybridized carbons (Fsp3) is 1.00. The van der Waals surface area contributed by atoms with Gasteiger partial charge in [-0.25, -0.2) is 0 Å². The quantitative estimate of drug-likeness (QED) is 0.524. The molecule has 0 spiro atoms. The van der Waals surface area contributed by atoms with Crippen LogP contribution in [-0.4, -0.2) is 36.0 Å². The summed E-state index contributed by atoms with van der Waals surface area (Å²) in [6, 6.07) is 0.436. The Hall–Kier alpha value is -0.120. The molecular weight excluding hydrogens is 154 g/mol. The van der Waals surface area contributed by atoms with Gasteiger partial charge in [0.2, 0.25) is 0 Å². The summed E-state index contributed by atoms with van der Waals surface area (Å²) >= 11 is 0. The number of hydrogen-bond donors (Lipinski definition) is 3. The van der Waals surface area contributed by atoms with Crippen molar-refractivity contribution >= 4 is 0 Å². The molecule has 12 heavy (non-hydrogen) atoms. The van der Waals surface area contributed by atoms with Gasteiger partial charge in [0.25, 0.3) is 0 Å². The van der Waals surface area contributed by atoms with Gasteiger partial charge in [0, 0.05) is 25.8 Å². The Morgan fingerprint density at radius 1 is 1.25 bits per heavy atom. The van der Waals surface area contributed by atoms with Gasteiger partial charge in [0.15, 0.2) is 0 Å². The monoisotopic (exact) mass is 175 g/mol. The standard InChI is InChI=1S/C9H21NO2/c1-8(7-12)6-10-9(2)4-3-5-11/h8-12H,3-7H2,1-2H3. The van der Waals surface area contributed by atoms with E-state index in [9.17, 15) is 0 Å². The van der Waals surface area contributed by atoms with Crippen molar-refractivity contribution < 1.29 is 10.2 Å². The van der Waals surface area contributed by atoms with Crippen LogP contribution in [0.3, 0.4) is 0 Å². The third-order valence-electron chi connectivity index (χ3n) is 1.92. The van der Waals surface area contributed by atoms with Crippen LogP contribution in [0.4, 0.5) is 0 Å². The Morgan fingerprint density at radius 3 is 2.42 bits per heavy atom. The lowest BCUT2D eigenvalue weighted by molar-refractivity contribution is 0.227. The topological polar surface area (TPSA) is 52.5 Å². The number of nitrogens with one attached hydrogen (secondary N) is 1. The highest BCUT2D eigenvalue weighted by atomic mass is 16.3. The Bertz CT molecular complexity index is 98.5. The van der Waals surface area contributed by atoms with Crippen LogP contribution < -0.4 is 5.32 Å². The lowest BCUT2D eigenvalue weighted by atomic mass is 10.1. The molecule has 3 nitrogen and oxygen atoms in total. The van der Waals surface area contributed by atoms with E-state index in [1.807, 2.05) is 6.92 Å². The third kappa shape index (κ3) is 6.58. The van der Waals surface area contributed by atoms with E-state index in [-0.39, 0.29) is 13.2 Å². The maximum Gasteiger partial charge on any atom is 0.0468 e. The van der Waals surface area contributed by atoms with E-state index < -0.39 is 0 Å². The zero-order valence-corrected chi connectivity index (χ0v) is 8.08. The van der Waals surface area contributed by atoms with E-state index in [2.05, 4.69) is 12.2 Å². The molecule has 3 heteroatoms. The van der Waals surface area contributed by atoms with Crippen LogP contribution in [-0.2, 0) is 0 Å². The van der Waals surface area contributed by atoms with Crippen LogP contribution in [0.2, 0.25) is 0 Å². The second-order valence-electron chi connectivity index (χ2n) is 3.46. The molecule has 0 fully saturated rings. The largest absolute Gasteiger partial charge is 0.396 e. The average molecular weight is 175 g/mol. The van der Waals surface area contributed by atoms with Crippen molar-refractivity contribution in [1.82, 2.24) is 5.32 Å². The second-order valence-corrected chi connectivity index (χ2v) is 3.46. The molecule has 0 aromatic heterocycles. The van der Waals surface area contributed by atoms with Crippen molar-refractivity contribution in [2.75, 3.05) is 19.8 Å². The molecule has 2 atom stereocenters. The van der Waals surface area contributed by atoms with Gasteiger partial charge >= 0.3 is 0 Å². The maximum absolute atomic E-state index is 8.74. The van der Waals surface area contributed by atoms with Gasteiger partial charge in [-0.1, -0.05) is 6.92 Å². The van der Waals surface area contributed by atoms with Gasteiger partial charge in [0.05, 0.1) is 0 Å². The number of aliphatic hydroxyl groups is 2. The Kier molecular flexibility index (Phi) is 7.45. The Balaban J connectivity index is 3.24. The van der Waals surface area contributed by atoms with Gasteiger partial charge in [-0.05, 0) is 25.7 Å². The second kappa shape index (κ2) is 7.53. The van der Waals surface area contributed by atoms with Gasteiger partial charge in [-0.15, -0.1) is 0 Å². The molecule has 0 aliphatic carbocycles. The van der Waals surface area contributed by atoms with Crippen LogP contribution in [0.1, 0.15) is 26.7 Å². The van der Waals surface area contributed by atoms with Gasteiger partial charge < -0.3 is 15.5 Å². The smallest absolute Gasteiger partial charge is 0.0468 e. The van der Waals surface area contributed by atoms with E-state index in [1.54, 1.807) is 0 Å². The summed E-state index contributed by atoms with van der Waals surface area (Å²) in [5, 5.41) is 20.6. The molecule has 0 saturated heterocycles. The molecule has 2 unspecified atom stereocenters. The minimum absolute atomic E-state index is 0.236. The summed E-state index contributed by atoms with van der Waals surface area (Å²) in [4.78, 5) is 0. The molecule has 0 aromatic carbocycles. The van der Waals surface area contributed by atoms with Crippen LogP contribution >= 0.6 is 0 Å². The van der Waals surface area contributed by atoms with Crippen molar-refractivity contribution in [1.29, 1.82) is 0 Å². The summed E-state index contributed by atoms with van der Waals surface area (Å²) < 4.78 is 0. The molecule has 3 N–H and O–H groups in total. The molecule has 0 heterocycles. The highest BCUT2D eigenvalue weighted by molar-refractivity contribution is 4.62. The summed E-state index contributed by atoms with van der Waals surface area (Å²) in [5.74, 6) is 0.321. The highest BCUT2D eigenvalue weighted by Gasteiger charge is 2.03. The average Bonchev–Trinajstić information content (AvgIpc) is 2.10. The lowest BCUT2D eigenvalue weighted by Gasteiger charge is -2.15. The van der Waals surface area contributed by atoms with Gasteiger partial charge in [-0.3, -0.25) is 0 Å². The third-order valence-corrected chi connectivity index (χ3v) is 1.92. The van der Waals surface area contributed by atoms with Crippen LogP contribution in [0, 0.1) is 5.92 Å². The molecule has 0 aliphatic heterocycles. The van der Waals surface area contributed by atoms with E-state index in [1.165, 1.54) is 0 Å².